The molecule has 0 radical (unpaired) electrons. The van der Waals surface area contributed by atoms with Crippen molar-refractivity contribution < 1.29 is 9.59 Å². The first-order valence-electron chi connectivity index (χ1n) is 7.15. The predicted octanol–water partition coefficient (Wildman–Crippen LogP) is 1.28. The molecular weight excluding hydrogens is 282 g/mol. The Morgan fingerprint density at radius 2 is 2.23 bits per heavy atom. The number of H-pyrrole nitrogens is 1. The molecule has 7 heteroatoms. The lowest BCUT2D eigenvalue weighted by atomic mass is 9.90. The number of fused-ring (bicyclic) bond motifs is 1. The molecule has 2 N–H and O–H groups in total. The predicted molar refractivity (Wildman–Crippen MR) is 79.9 cm³/mol. The van der Waals surface area contributed by atoms with E-state index in [1.54, 1.807) is 4.90 Å². The topological polar surface area (TPSA) is 91.0 Å². The number of aromatic amines is 1. The van der Waals surface area contributed by atoms with Crippen LogP contribution >= 0.6 is 0 Å². The third-order valence-electron chi connectivity index (χ3n) is 3.87. The highest BCUT2D eigenvalue weighted by atomic mass is 16.2. The number of hydrogen-bond donors (Lipinski definition) is 2. The molecule has 0 saturated carbocycles. The second kappa shape index (κ2) is 5.97. The number of rotatable bonds is 3. The molecule has 7 nitrogen and oxygen atoms in total. The van der Waals surface area contributed by atoms with E-state index in [1.165, 1.54) is 18.8 Å². The van der Waals surface area contributed by atoms with Gasteiger partial charge < -0.3 is 4.90 Å². The van der Waals surface area contributed by atoms with E-state index < -0.39 is 0 Å². The number of carbonyl (C=O) groups excluding carboxylic acids is 2. The maximum Gasteiger partial charge on any atom is 0.229 e. The van der Waals surface area contributed by atoms with E-state index >= 15 is 0 Å². The van der Waals surface area contributed by atoms with Crippen LogP contribution in [0.4, 0.5) is 5.95 Å². The van der Waals surface area contributed by atoms with Gasteiger partial charge in [-0.1, -0.05) is 24.3 Å². The second-order valence-corrected chi connectivity index (χ2v) is 5.26. The van der Waals surface area contributed by atoms with Crippen molar-refractivity contribution in [2.24, 2.45) is 0 Å². The molecule has 1 unspecified atom stereocenters. The van der Waals surface area contributed by atoms with Gasteiger partial charge in [0.1, 0.15) is 6.33 Å². The SMILES string of the molecule is CC(=O)N1CCc2ccccc2C1CC(=O)Nc1ncn[nH]1. The fraction of sp³-hybridized carbons (Fsp3) is 0.333. The molecule has 1 atom stereocenters. The molecule has 0 saturated heterocycles. The Labute approximate surface area is 127 Å². The molecule has 1 aromatic heterocycles. The van der Waals surface area contributed by atoms with Crippen LogP contribution in [0.25, 0.3) is 0 Å². The standard InChI is InChI=1S/C15H17N5O2/c1-10(21)20-7-6-11-4-2-3-5-12(11)13(20)8-14(22)18-15-16-9-17-19-15/h2-5,9,13H,6-8H2,1H3,(H2,16,17,18,19,22). The summed E-state index contributed by atoms with van der Waals surface area (Å²) in [4.78, 5) is 29.7. The van der Waals surface area contributed by atoms with Crippen LogP contribution in [-0.4, -0.2) is 38.4 Å². The fourth-order valence-electron chi connectivity index (χ4n) is 2.87. The third-order valence-corrected chi connectivity index (χ3v) is 3.87. The molecule has 0 fully saturated rings. The van der Waals surface area contributed by atoms with Crippen molar-refractivity contribution in [2.75, 3.05) is 11.9 Å². The molecule has 2 aromatic rings. The van der Waals surface area contributed by atoms with Crippen molar-refractivity contribution in [2.45, 2.75) is 25.8 Å². The highest BCUT2D eigenvalue weighted by Crippen LogP contribution is 2.32. The zero-order valence-electron chi connectivity index (χ0n) is 12.2. The van der Waals surface area contributed by atoms with Gasteiger partial charge >= 0.3 is 0 Å². The van der Waals surface area contributed by atoms with Crippen molar-refractivity contribution in [3.8, 4) is 0 Å². The second-order valence-electron chi connectivity index (χ2n) is 5.26. The van der Waals surface area contributed by atoms with Gasteiger partial charge in [-0.15, -0.1) is 0 Å². The normalized spacial score (nSPS) is 17.0. The lowest BCUT2D eigenvalue weighted by Crippen LogP contribution is -2.40. The van der Waals surface area contributed by atoms with Crippen LogP contribution in [0.15, 0.2) is 30.6 Å². The molecule has 2 amide bonds. The zero-order valence-corrected chi connectivity index (χ0v) is 12.2. The van der Waals surface area contributed by atoms with Crippen LogP contribution in [0.2, 0.25) is 0 Å². The Balaban J connectivity index is 1.81. The maximum absolute atomic E-state index is 12.2. The molecule has 2 heterocycles. The zero-order chi connectivity index (χ0) is 15.5. The van der Waals surface area contributed by atoms with Crippen LogP contribution in [-0.2, 0) is 16.0 Å². The Hall–Kier alpha value is -2.70. The first-order valence-corrected chi connectivity index (χ1v) is 7.15. The fourth-order valence-corrected chi connectivity index (χ4v) is 2.87. The minimum absolute atomic E-state index is 0.0213. The lowest BCUT2D eigenvalue weighted by molar-refractivity contribution is -0.132. The van der Waals surface area contributed by atoms with Crippen LogP contribution in [0.1, 0.15) is 30.5 Å². The molecular formula is C15H17N5O2. The molecule has 22 heavy (non-hydrogen) atoms. The molecule has 114 valence electrons. The average Bonchev–Trinajstić information content (AvgIpc) is 3.00. The van der Waals surface area contributed by atoms with E-state index in [9.17, 15) is 9.59 Å². The van der Waals surface area contributed by atoms with Crippen LogP contribution in [0, 0.1) is 0 Å². The molecule has 0 spiro atoms. The molecule has 3 rings (SSSR count). The molecule has 1 aliphatic rings. The van der Waals surface area contributed by atoms with Gasteiger partial charge in [0.15, 0.2) is 0 Å². The summed E-state index contributed by atoms with van der Waals surface area (Å²) >= 11 is 0. The van der Waals surface area contributed by atoms with Gasteiger partial charge in [-0.25, -0.2) is 5.10 Å². The smallest absolute Gasteiger partial charge is 0.229 e. The summed E-state index contributed by atoms with van der Waals surface area (Å²) in [5.74, 6) is 0.0835. The van der Waals surface area contributed by atoms with E-state index in [1.807, 2.05) is 24.3 Å². The average molecular weight is 299 g/mol. The Kier molecular flexibility index (Phi) is 3.86. The van der Waals surface area contributed by atoms with Crippen molar-refractivity contribution in [3.63, 3.8) is 0 Å². The number of amides is 2. The van der Waals surface area contributed by atoms with Crippen LogP contribution in [0.5, 0.6) is 0 Å². The molecule has 0 bridgehead atoms. The minimum atomic E-state index is -0.245. The van der Waals surface area contributed by atoms with E-state index in [0.717, 1.165) is 12.0 Å². The number of hydrogen-bond acceptors (Lipinski definition) is 4. The number of aromatic nitrogens is 3. The number of nitrogens with one attached hydrogen (secondary N) is 2. The summed E-state index contributed by atoms with van der Waals surface area (Å²) in [6.07, 6.45) is 2.33. The number of nitrogens with zero attached hydrogens (tertiary/aromatic N) is 3. The van der Waals surface area contributed by atoms with Gasteiger partial charge in [0.2, 0.25) is 17.8 Å². The summed E-state index contributed by atoms with van der Waals surface area (Å²) in [6, 6.07) is 7.70. The van der Waals surface area contributed by atoms with Gasteiger partial charge in [0.05, 0.1) is 12.5 Å². The Morgan fingerprint density at radius 1 is 1.41 bits per heavy atom. The molecule has 0 aliphatic carbocycles. The van der Waals surface area contributed by atoms with Crippen LogP contribution in [0.3, 0.4) is 0 Å². The van der Waals surface area contributed by atoms with E-state index in [0.29, 0.717) is 12.5 Å². The summed E-state index contributed by atoms with van der Waals surface area (Å²) in [5.41, 5.74) is 2.23. The third kappa shape index (κ3) is 2.83. The van der Waals surface area contributed by atoms with E-state index in [4.69, 9.17) is 0 Å². The highest BCUT2D eigenvalue weighted by Gasteiger charge is 2.30. The number of carbonyl (C=O) groups is 2. The summed E-state index contributed by atoms with van der Waals surface area (Å²) < 4.78 is 0. The molecule has 1 aromatic carbocycles. The first-order chi connectivity index (χ1) is 10.6. The Bertz CT molecular complexity index is 683. The largest absolute Gasteiger partial charge is 0.335 e. The monoisotopic (exact) mass is 299 g/mol. The van der Waals surface area contributed by atoms with E-state index in [2.05, 4.69) is 20.5 Å². The lowest BCUT2D eigenvalue weighted by Gasteiger charge is -2.36. The van der Waals surface area contributed by atoms with Gasteiger partial charge in [0, 0.05) is 13.5 Å². The van der Waals surface area contributed by atoms with Gasteiger partial charge in [0.25, 0.3) is 0 Å². The van der Waals surface area contributed by atoms with Crippen molar-refractivity contribution in [1.29, 1.82) is 0 Å². The van der Waals surface area contributed by atoms with Crippen LogP contribution < -0.4 is 5.32 Å². The number of benzene rings is 1. The Morgan fingerprint density at radius 3 is 2.95 bits per heavy atom. The van der Waals surface area contributed by atoms with Crippen molar-refractivity contribution >= 4 is 17.8 Å². The van der Waals surface area contributed by atoms with Gasteiger partial charge in [-0.2, -0.15) is 10.1 Å². The number of anilines is 1. The van der Waals surface area contributed by atoms with Crippen molar-refractivity contribution in [1.82, 2.24) is 20.1 Å². The summed E-state index contributed by atoms with van der Waals surface area (Å²) in [5, 5.41) is 8.92. The quantitative estimate of drug-likeness (QED) is 0.893. The maximum atomic E-state index is 12.2. The summed E-state index contributed by atoms with van der Waals surface area (Å²) in [6.45, 7) is 2.17. The van der Waals surface area contributed by atoms with Crippen molar-refractivity contribution in [3.05, 3.63) is 41.7 Å². The summed E-state index contributed by atoms with van der Waals surface area (Å²) in [7, 11) is 0. The molecule has 1 aliphatic heterocycles. The highest BCUT2D eigenvalue weighted by molar-refractivity contribution is 5.90. The first kappa shape index (κ1) is 14.2. The van der Waals surface area contributed by atoms with Gasteiger partial charge in [-0.05, 0) is 17.5 Å². The minimum Gasteiger partial charge on any atom is -0.335 e. The van der Waals surface area contributed by atoms with E-state index in [-0.39, 0.29) is 24.3 Å². The van der Waals surface area contributed by atoms with Gasteiger partial charge in [-0.3, -0.25) is 14.9 Å².